The highest BCUT2D eigenvalue weighted by Gasteiger charge is 2.15. The van der Waals surface area contributed by atoms with Crippen molar-refractivity contribution in [2.45, 2.75) is 19.4 Å². The first-order chi connectivity index (χ1) is 7.10. The van der Waals surface area contributed by atoms with Gasteiger partial charge in [0.2, 0.25) is 0 Å². The highest BCUT2D eigenvalue weighted by Crippen LogP contribution is 2.23. The Balaban J connectivity index is 3.21. The Kier molecular flexibility index (Phi) is 3.51. The Bertz CT molecular complexity index is 389. The molecular weight excluding hydrogens is 198 g/mol. The minimum atomic E-state index is -0.563. The molecule has 5 heteroatoms. The molecule has 5 nitrogen and oxygen atoms in total. The van der Waals surface area contributed by atoms with Crippen LogP contribution in [0.15, 0.2) is 18.2 Å². The summed E-state index contributed by atoms with van der Waals surface area (Å²) in [6, 6.07) is 4.40. The molecule has 0 bridgehead atoms. The number of carbonyl (C=O) groups is 1. The van der Waals surface area contributed by atoms with Crippen LogP contribution in [0.25, 0.3) is 0 Å². The maximum atomic E-state index is 10.6. The van der Waals surface area contributed by atoms with Crippen molar-refractivity contribution in [3.05, 3.63) is 39.4 Å². The molecule has 0 aliphatic heterocycles. The van der Waals surface area contributed by atoms with Crippen LogP contribution in [0.4, 0.5) is 5.69 Å². The van der Waals surface area contributed by atoms with E-state index in [2.05, 4.69) is 0 Å². The maximum absolute atomic E-state index is 10.6. The van der Waals surface area contributed by atoms with Crippen LogP contribution >= 0.6 is 0 Å². The average molecular weight is 209 g/mol. The molecule has 15 heavy (non-hydrogen) atoms. The molecule has 0 heterocycles. The number of rotatable bonds is 4. The first-order valence-electron chi connectivity index (χ1n) is 4.43. The molecule has 1 atom stereocenters. The summed E-state index contributed by atoms with van der Waals surface area (Å²) in [5.41, 5.74) is 0.680. The van der Waals surface area contributed by atoms with Gasteiger partial charge in [0, 0.05) is 12.0 Å². The lowest BCUT2D eigenvalue weighted by Gasteiger charge is -2.05. The predicted molar refractivity (Wildman–Crippen MR) is 53.5 cm³/mol. The fraction of sp³-hybridized carbons (Fsp3) is 0.300. The molecule has 1 unspecified atom stereocenters. The van der Waals surface area contributed by atoms with E-state index in [1.165, 1.54) is 12.1 Å². The molecule has 0 radical (unpaired) electrons. The molecule has 0 aliphatic carbocycles. The average Bonchev–Trinajstić information content (AvgIpc) is 2.27. The fourth-order valence-corrected chi connectivity index (χ4v) is 1.25. The molecule has 0 aromatic heterocycles. The van der Waals surface area contributed by atoms with Gasteiger partial charge in [-0.25, -0.2) is 0 Å². The zero-order chi connectivity index (χ0) is 11.4. The molecule has 1 aromatic rings. The summed E-state index contributed by atoms with van der Waals surface area (Å²) < 4.78 is 0. The molecule has 1 N–H and O–H groups in total. The van der Waals surface area contributed by atoms with E-state index in [-0.39, 0.29) is 23.8 Å². The molecule has 80 valence electrons. The van der Waals surface area contributed by atoms with E-state index in [1.807, 2.05) is 0 Å². The van der Waals surface area contributed by atoms with Gasteiger partial charge >= 0.3 is 0 Å². The van der Waals surface area contributed by atoms with Crippen molar-refractivity contribution >= 4 is 12.0 Å². The third-order valence-electron chi connectivity index (χ3n) is 2.21. The number of nitro groups is 1. The monoisotopic (exact) mass is 209 g/mol. The third kappa shape index (κ3) is 2.38. The van der Waals surface area contributed by atoms with Crippen molar-refractivity contribution in [2.75, 3.05) is 0 Å². The number of hydrogen-bond donors (Lipinski definition) is 1. The van der Waals surface area contributed by atoms with E-state index < -0.39 is 4.92 Å². The molecule has 0 aliphatic rings. The number of aldehydes is 1. The van der Waals surface area contributed by atoms with E-state index in [4.69, 9.17) is 5.11 Å². The number of benzene rings is 1. The normalized spacial score (nSPS) is 12.1. The van der Waals surface area contributed by atoms with Crippen molar-refractivity contribution in [1.29, 1.82) is 0 Å². The second-order valence-corrected chi connectivity index (χ2v) is 3.23. The number of aliphatic hydroxyl groups is 1. The van der Waals surface area contributed by atoms with Crippen molar-refractivity contribution in [2.24, 2.45) is 0 Å². The quantitative estimate of drug-likeness (QED) is 0.461. The molecular formula is C10H11NO4. The minimum Gasteiger partial charge on any atom is -0.391 e. The summed E-state index contributed by atoms with van der Waals surface area (Å²) in [4.78, 5) is 20.6. The van der Waals surface area contributed by atoms with Gasteiger partial charge in [-0.3, -0.25) is 10.1 Å². The van der Waals surface area contributed by atoms with Gasteiger partial charge < -0.3 is 9.90 Å². The minimum absolute atomic E-state index is 0.149. The SMILES string of the molecule is CC(C=O)c1ccc(CO)c([N+](=O)[O-])c1. The Morgan fingerprint density at radius 3 is 2.73 bits per heavy atom. The lowest BCUT2D eigenvalue weighted by atomic mass is 10.00. The third-order valence-corrected chi connectivity index (χ3v) is 2.21. The summed E-state index contributed by atoms with van der Waals surface area (Å²) in [5.74, 6) is -0.378. The van der Waals surface area contributed by atoms with Gasteiger partial charge in [0.25, 0.3) is 5.69 Å². The van der Waals surface area contributed by atoms with Crippen LogP contribution in [0.2, 0.25) is 0 Å². The highest BCUT2D eigenvalue weighted by molar-refractivity contribution is 5.62. The van der Waals surface area contributed by atoms with Crippen molar-refractivity contribution in [3.8, 4) is 0 Å². The van der Waals surface area contributed by atoms with Crippen molar-refractivity contribution in [1.82, 2.24) is 0 Å². The summed E-state index contributed by atoms with van der Waals surface area (Å²) in [6.45, 7) is 1.27. The van der Waals surface area contributed by atoms with Crippen LogP contribution in [0.5, 0.6) is 0 Å². The Morgan fingerprint density at radius 1 is 1.60 bits per heavy atom. The summed E-state index contributed by atoms with van der Waals surface area (Å²) >= 11 is 0. The molecule has 0 fully saturated rings. The van der Waals surface area contributed by atoms with Crippen molar-refractivity contribution in [3.63, 3.8) is 0 Å². The fourth-order valence-electron chi connectivity index (χ4n) is 1.25. The summed E-state index contributed by atoms with van der Waals surface area (Å²) in [5, 5.41) is 19.5. The molecule has 1 rings (SSSR count). The Morgan fingerprint density at radius 2 is 2.27 bits per heavy atom. The summed E-state index contributed by atoms with van der Waals surface area (Å²) in [6.07, 6.45) is 0.720. The van der Waals surface area contributed by atoms with E-state index in [9.17, 15) is 14.9 Å². The van der Waals surface area contributed by atoms with Crippen LogP contribution in [0, 0.1) is 10.1 Å². The van der Waals surface area contributed by atoms with Gasteiger partial charge in [-0.2, -0.15) is 0 Å². The number of carbonyl (C=O) groups excluding carboxylic acids is 1. The standard InChI is InChI=1S/C10H11NO4/c1-7(5-12)8-2-3-9(6-13)10(4-8)11(14)15/h2-5,7,13H,6H2,1H3. The van der Waals surface area contributed by atoms with Crippen LogP contribution in [-0.2, 0) is 11.4 Å². The summed E-state index contributed by atoms with van der Waals surface area (Å²) in [7, 11) is 0. The van der Waals surface area contributed by atoms with E-state index in [0.29, 0.717) is 5.56 Å². The van der Waals surface area contributed by atoms with Gasteiger partial charge in [-0.05, 0) is 11.6 Å². The second kappa shape index (κ2) is 4.65. The topological polar surface area (TPSA) is 80.4 Å². The first kappa shape index (κ1) is 11.3. The van der Waals surface area contributed by atoms with Crippen molar-refractivity contribution < 1.29 is 14.8 Å². The highest BCUT2D eigenvalue weighted by atomic mass is 16.6. The lowest BCUT2D eigenvalue weighted by Crippen LogP contribution is -2.00. The van der Waals surface area contributed by atoms with Gasteiger partial charge in [0.05, 0.1) is 17.1 Å². The number of nitro benzene ring substituents is 1. The Hall–Kier alpha value is -1.75. The molecule has 0 saturated heterocycles. The maximum Gasteiger partial charge on any atom is 0.275 e. The van der Waals surface area contributed by atoms with E-state index in [1.54, 1.807) is 13.0 Å². The molecule has 0 spiro atoms. The largest absolute Gasteiger partial charge is 0.391 e. The lowest BCUT2D eigenvalue weighted by molar-refractivity contribution is -0.385. The Labute approximate surface area is 86.5 Å². The molecule has 0 amide bonds. The second-order valence-electron chi connectivity index (χ2n) is 3.23. The zero-order valence-electron chi connectivity index (χ0n) is 8.21. The number of hydrogen-bond acceptors (Lipinski definition) is 4. The van der Waals surface area contributed by atoms with Crippen LogP contribution < -0.4 is 0 Å². The number of aliphatic hydroxyl groups excluding tert-OH is 1. The van der Waals surface area contributed by atoms with E-state index in [0.717, 1.165) is 6.29 Å². The van der Waals surface area contributed by atoms with Crippen LogP contribution in [-0.4, -0.2) is 16.3 Å². The molecule has 0 saturated carbocycles. The van der Waals surface area contributed by atoms with Gasteiger partial charge in [0.1, 0.15) is 6.29 Å². The smallest absolute Gasteiger partial charge is 0.275 e. The van der Waals surface area contributed by atoms with Crippen LogP contribution in [0.3, 0.4) is 0 Å². The van der Waals surface area contributed by atoms with Gasteiger partial charge in [0.15, 0.2) is 0 Å². The van der Waals surface area contributed by atoms with Gasteiger partial charge in [-0.1, -0.05) is 13.0 Å². The predicted octanol–water partition coefficient (Wildman–Crippen LogP) is 1.39. The number of nitrogens with zero attached hydrogens (tertiary/aromatic N) is 1. The first-order valence-corrected chi connectivity index (χ1v) is 4.43. The van der Waals surface area contributed by atoms with E-state index >= 15 is 0 Å². The zero-order valence-corrected chi connectivity index (χ0v) is 8.21. The van der Waals surface area contributed by atoms with Crippen LogP contribution in [0.1, 0.15) is 24.0 Å². The molecule has 1 aromatic carbocycles. The van der Waals surface area contributed by atoms with Gasteiger partial charge in [-0.15, -0.1) is 0 Å².